The van der Waals surface area contributed by atoms with Gasteiger partial charge in [0.25, 0.3) is 0 Å². The van der Waals surface area contributed by atoms with Gasteiger partial charge in [0.1, 0.15) is 18.4 Å². The predicted molar refractivity (Wildman–Crippen MR) is 111 cm³/mol. The van der Waals surface area contributed by atoms with E-state index in [0.29, 0.717) is 13.0 Å². The molecule has 1 atom stereocenters. The number of amides is 1. The molecule has 0 heterocycles. The Labute approximate surface area is 172 Å². The normalized spacial score (nSPS) is 15.3. The second kappa shape index (κ2) is 10.6. The first-order valence-corrected chi connectivity index (χ1v) is 10.3. The molecule has 2 aromatic rings. The minimum atomic E-state index is -0.675. The fourth-order valence-electron chi connectivity index (χ4n) is 3.69. The van der Waals surface area contributed by atoms with Crippen LogP contribution in [0.3, 0.4) is 0 Å². The molecular weight excluding hydrogens is 366 g/mol. The molecule has 29 heavy (non-hydrogen) atoms. The molecule has 3 rings (SSSR count). The van der Waals surface area contributed by atoms with E-state index < -0.39 is 12.0 Å². The summed E-state index contributed by atoms with van der Waals surface area (Å²) < 4.78 is 10.7. The van der Waals surface area contributed by atoms with Gasteiger partial charge in [0.05, 0.1) is 7.11 Å². The van der Waals surface area contributed by atoms with Crippen LogP contribution in [-0.4, -0.2) is 25.0 Å². The van der Waals surface area contributed by atoms with Crippen molar-refractivity contribution in [1.29, 1.82) is 0 Å². The SMILES string of the molecule is COC(=O)[C@@H](Cc1ccc(OCc2ccccc2)cc1)NC(=O)C1CCCCC1. The van der Waals surface area contributed by atoms with Crippen LogP contribution in [0.5, 0.6) is 5.75 Å². The first kappa shape index (κ1) is 20.9. The van der Waals surface area contributed by atoms with Crippen LogP contribution in [0.25, 0.3) is 0 Å². The highest BCUT2D eigenvalue weighted by Gasteiger charge is 2.27. The zero-order valence-corrected chi connectivity index (χ0v) is 16.9. The Hall–Kier alpha value is -2.82. The molecule has 2 aromatic carbocycles. The summed E-state index contributed by atoms with van der Waals surface area (Å²) in [6, 6.07) is 16.9. The topological polar surface area (TPSA) is 64.6 Å². The van der Waals surface area contributed by atoms with E-state index in [2.05, 4.69) is 5.32 Å². The van der Waals surface area contributed by atoms with Crippen LogP contribution < -0.4 is 10.1 Å². The van der Waals surface area contributed by atoms with Crippen LogP contribution in [0.2, 0.25) is 0 Å². The van der Waals surface area contributed by atoms with Crippen LogP contribution in [-0.2, 0) is 27.4 Å². The Morgan fingerprint density at radius 3 is 2.31 bits per heavy atom. The lowest BCUT2D eigenvalue weighted by Gasteiger charge is -2.24. The van der Waals surface area contributed by atoms with E-state index in [4.69, 9.17) is 9.47 Å². The van der Waals surface area contributed by atoms with E-state index >= 15 is 0 Å². The molecule has 1 saturated carbocycles. The number of rotatable bonds is 8. The maximum Gasteiger partial charge on any atom is 0.328 e. The molecule has 1 amide bonds. The van der Waals surface area contributed by atoms with E-state index in [1.165, 1.54) is 13.5 Å². The number of methoxy groups -OCH3 is 1. The fraction of sp³-hybridized carbons (Fsp3) is 0.417. The lowest BCUT2D eigenvalue weighted by Crippen LogP contribution is -2.45. The Morgan fingerprint density at radius 1 is 0.966 bits per heavy atom. The fourth-order valence-corrected chi connectivity index (χ4v) is 3.69. The Kier molecular flexibility index (Phi) is 7.68. The summed E-state index contributed by atoms with van der Waals surface area (Å²) in [5.74, 6) is 0.310. The summed E-state index contributed by atoms with van der Waals surface area (Å²) >= 11 is 0. The molecule has 0 spiro atoms. The smallest absolute Gasteiger partial charge is 0.328 e. The molecule has 0 bridgehead atoms. The number of hydrogen-bond donors (Lipinski definition) is 1. The summed E-state index contributed by atoms with van der Waals surface area (Å²) in [7, 11) is 1.35. The van der Waals surface area contributed by atoms with Gasteiger partial charge in [-0.1, -0.05) is 61.7 Å². The summed E-state index contributed by atoms with van der Waals surface area (Å²) in [4.78, 5) is 24.8. The molecular formula is C24H29NO4. The molecule has 0 aliphatic heterocycles. The molecule has 0 aromatic heterocycles. The first-order valence-electron chi connectivity index (χ1n) is 10.3. The van der Waals surface area contributed by atoms with Gasteiger partial charge in [0.2, 0.25) is 5.91 Å². The van der Waals surface area contributed by atoms with Gasteiger partial charge >= 0.3 is 5.97 Å². The summed E-state index contributed by atoms with van der Waals surface area (Å²) in [6.45, 7) is 0.502. The molecule has 1 N–H and O–H groups in total. The number of ether oxygens (including phenoxy) is 2. The summed E-state index contributed by atoms with van der Waals surface area (Å²) in [5, 5.41) is 2.90. The van der Waals surface area contributed by atoms with E-state index in [1.807, 2.05) is 54.6 Å². The number of esters is 1. The van der Waals surface area contributed by atoms with Gasteiger partial charge in [0.15, 0.2) is 0 Å². The van der Waals surface area contributed by atoms with Gasteiger partial charge in [-0.25, -0.2) is 4.79 Å². The van der Waals surface area contributed by atoms with Gasteiger partial charge in [-0.3, -0.25) is 4.79 Å². The number of hydrogen-bond acceptors (Lipinski definition) is 4. The van der Waals surface area contributed by atoms with E-state index in [0.717, 1.165) is 42.6 Å². The monoisotopic (exact) mass is 395 g/mol. The van der Waals surface area contributed by atoms with Crippen molar-refractivity contribution in [2.75, 3.05) is 7.11 Å². The summed E-state index contributed by atoms with van der Waals surface area (Å²) in [5.41, 5.74) is 2.05. The number of carbonyl (C=O) groups excluding carboxylic acids is 2. The van der Waals surface area contributed by atoms with E-state index in [-0.39, 0.29) is 11.8 Å². The minimum Gasteiger partial charge on any atom is -0.489 e. The quantitative estimate of drug-likeness (QED) is 0.685. The van der Waals surface area contributed by atoms with Gasteiger partial charge < -0.3 is 14.8 Å². The van der Waals surface area contributed by atoms with Gasteiger partial charge in [-0.05, 0) is 36.1 Å². The van der Waals surface area contributed by atoms with Gasteiger partial charge in [0, 0.05) is 12.3 Å². The van der Waals surface area contributed by atoms with Crippen molar-refractivity contribution >= 4 is 11.9 Å². The van der Waals surface area contributed by atoms with Crippen LogP contribution >= 0.6 is 0 Å². The Morgan fingerprint density at radius 2 is 1.66 bits per heavy atom. The molecule has 5 nitrogen and oxygen atoms in total. The van der Waals surface area contributed by atoms with Crippen molar-refractivity contribution in [2.45, 2.75) is 51.2 Å². The maximum atomic E-state index is 12.6. The lowest BCUT2D eigenvalue weighted by molar-refractivity contribution is -0.145. The number of nitrogens with one attached hydrogen (secondary N) is 1. The molecule has 1 aliphatic carbocycles. The van der Waals surface area contributed by atoms with Crippen molar-refractivity contribution in [2.24, 2.45) is 5.92 Å². The molecule has 0 saturated heterocycles. The lowest BCUT2D eigenvalue weighted by atomic mass is 9.88. The zero-order chi connectivity index (χ0) is 20.5. The Bertz CT molecular complexity index is 782. The highest BCUT2D eigenvalue weighted by molar-refractivity contribution is 5.86. The maximum absolute atomic E-state index is 12.6. The molecule has 0 unspecified atom stereocenters. The van der Waals surface area contributed by atoms with Crippen LogP contribution in [0.1, 0.15) is 43.2 Å². The number of benzene rings is 2. The molecule has 1 fully saturated rings. The van der Waals surface area contributed by atoms with E-state index in [9.17, 15) is 9.59 Å². The Balaban J connectivity index is 1.57. The first-order chi connectivity index (χ1) is 14.2. The molecule has 1 aliphatic rings. The van der Waals surface area contributed by atoms with Crippen molar-refractivity contribution in [3.63, 3.8) is 0 Å². The van der Waals surface area contributed by atoms with Crippen molar-refractivity contribution in [3.8, 4) is 5.75 Å². The highest BCUT2D eigenvalue weighted by Crippen LogP contribution is 2.24. The minimum absolute atomic E-state index is 0.00432. The highest BCUT2D eigenvalue weighted by atomic mass is 16.5. The second-order valence-corrected chi connectivity index (χ2v) is 7.54. The van der Waals surface area contributed by atoms with Crippen molar-refractivity contribution < 1.29 is 19.1 Å². The van der Waals surface area contributed by atoms with Crippen LogP contribution in [0, 0.1) is 5.92 Å². The summed E-state index contributed by atoms with van der Waals surface area (Å²) in [6.07, 6.45) is 5.52. The third-order valence-corrected chi connectivity index (χ3v) is 5.39. The molecule has 0 radical (unpaired) electrons. The van der Waals surface area contributed by atoms with Crippen molar-refractivity contribution in [3.05, 3.63) is 65.7 Å². The van der Waals surface area contributed by atoms with Crippen LogP contribution in [0.15, 0.2) is 54.6 Å². The molecule has 154 valence electrons. The zero-order valence-electron chi connectivity index (χ0n) is 16.9. The van der Waals surface area contributed by atoms with E-state index in [1.54, 1.807) is 0 Å². The standard InChI is InChI=1S/C24H29NO4/c1-28-24(27)22(25-23(26)20-10-6-3-7-11-20)16-18-12-14-21(15-13-18)29-17-19-8-4-2-5-9-19/h2,4-5,8-9,12-15,20,22H,3,6-7,10-11,16-17H2,1H3,(H,25,26)/t22-/m1/s1. The third-order valence-electron chi connectivity index (χ3n) is 5.39. The van der Waals surface area contributed by atoms with Gasteiger partial charge in [-0.2, -0.15) is 0 Å². The largest absolute Gasteiger partial charge is 0.489 e. The average Bonchev–Trinajstić information content (AvgIpc) is 2.78. The van der Waals surface area contributed by atoms with Gasteiger partial charge in [-0.15, -0.1) is 0 Å². The van der Waals surface area contributed by atoms with Crippen molar-refractivity contribution in [1.82, 2.24) is 5.32 Å². The second-order valence-electron chi connectivity index (χ2n) is 7.54. The number of carbonyl (C=O) groups is 2. The average molecular weight is 395 g/mol. The third kappa shape index (κ3) is 6.34. The predicted octanol–water partition coefficient (Wildman–Crippen LogP) is 4.05. The molecule has 5 heteroatoms. The van der Waals surface area contributed by atoms with Crippen LogP contribution in [0.4, 0.5) is 0 Å².